The first-order valence-corrected chi connectivity index (χ1v) is 6.22. The molecule has 1 aromatic rings. The Labute approximate surface area is 111 Å². The van der Waals surface area contributed by atoms with Crippen LogP contribution in [0.3, 0.4) is 0 Å². The second-order valence-electron chi connectivity index (χ2n) is 4.47. The van der Waals surface area contributed by atoms with E-state index in [4.69, 9.17) is 9.52 Å². The van der Waals surface area contributed by atoms with Crippen molar-refractivity contribution in [3.8, 4) is 0 Å². The highest BCUT2D eigenvalue weighted by molar-refractivity contribution is 9.10. The van der Waals surface area contributed by atoms with Crippen molar-refractivity contribution < 1.29 is 23.1 Å². The summed E-state index contributed by atoms with van der Waals surface area (Å²) in [6.45, 7) is -0.136. The van der Waals surface area contributed by atoms with E-state index in [1.807, 2.05) is 0 Å². The summed E-state index contributed by atoms with van der Waals surface area (Å²) < 4.78 is 32.6. The molecular weight excluding hydrogens is 312 g/mol. The molecule has 0 aromatic carbocycles. The minimum Gasteiger partial charge on any atom is -0.481 e. The van der Waals surface area contributed by atoms with Gasteiger partial charge in [-0.1, -0.05) is 0 Å². The lowest BCUT2D eigenvalue weighted by Crippen LogP contribution is -2.48. The standard InChI is InChI=1S/C11H12BrF2NO3/c12-9-2-1-8(18-9)5-15-4-7(10(16)17)3-11(13,14)6-15/h1-2,7H,3-6H2,(H,16,17). The molecule has 0 bridgehead atoms. The third-order valence-electron chi connectivity index (χ3n) is 2.84. The molecular formula is C11H12BrF2NO3. The first-order chi connectivity index (χ1) is 8.35. The van der Waals surface area contributed by atoms with Gasteiger partial charge in [-0.15, -0.1) is 0 Å². The molecule has 7 heteroatoms. The van der Waals surface area contributed by atoms with Crippen LogP contribution in [-0.2, 0) is 11.3 Å². The Morgan fingerprint density at radius 3 is 2.89 bits per heavy atom. The fourth-order valence-corrected chi connectivity index (χ4v) is 2.48. The largest absolute Gasteiger partial charge is 0.481 e. The number of aliphatic carboxylic acids is 1. The van der Waals surface area contributed by atoms with Crippen LogP contribution in [-0.4, -0.2) is 35.0 Å². The number of nitrogens with zero attached hydrogens (tertiary/aromatic N) is 1. The van der Waals surface area contributed by atoms with Crippen molar-refractivity contribution in [2.45, 2.75) is 18.9 Å². The lowest BCUT2D eigenvalue weighted by atomic mass is 9.95. The number of hydrogen-bond donors (Lipinski definition) is 1. The maximum atomic E-state index is 13.4. The van der Waals surface area contributed by atoms with Gasteiger partial charge in [-0.05, 0) is 28.1 Å². The van der Waals surface area contributed by atoms with Crippen LogP contribution < -0.4 is 0 Å². The number of rotatable bonds is 3. The van der Waals surface area contributed by atoms with Crippen LogP contribution >= 0.6 is 15.9 Å². The predicted octanol–water partition coefficient (Wildman–Crippen LogP) is 2.58. The highest BCUT2D eigenvalue weighted by Gasteiger charge is 2.43. The number of alkyl halides is 2. The molecule has 0 radical (unpaired) electrons. The third kappa shape index (κ3) is 3.29. The van der Waals surface area contributed by atoms with E-state index >= 15 is 0 Å². The molecule has 0 saturated carbocycles. The Bertz CT molecular complexity index is 449. The van der Waals surface area contributed by atoms with E-state index < -0.39 is 30.8 Å². The molecule has 1 saturated heterocycles. The number of likely N-dealkylation sites (tertiary alicyclic amines) is 1. The first-order valence-electron chi connectivity index (χ1n) is 5.43. The number of hydrogen-bond acceptors (Lipinski definition) is 3. The van der Waals surface area contributed by atoms with Gasteiger partial charge in [0.15, 0.2) is 4.67 Å². The van der Waals surface area contributed by atoms with Gasteiger partial charge in [0, 0.05) is 13.0 Å². The molecule has 0 aliphatic carbocycles. The predicted molar refractivity (Wildman–Crippen MR) is 62.4 cm³/mol. The summed E-state index contributed by atoms with van der Waals surface area (Å²) in [6.07, 6.45) is -0.597. The average molecular weight is 324 g/mol. The maximum Gasteiger partial charge on any atom is 0.308 e. The van der Waals surface area contributed by atoms with Gasteiger partial charge in [0.25, 0.3) is 5.92 Å². The van der Waals surface area contributed by atoms with Gasteiger partial charge in [-0.3, -0.25) is 9.69 Å². The summed E-state index contributed by atoms with van der Waals surface area (Å²) in [4.78, 5) is 12.3. The van der Waals surface area contributed by atoms with Gasteiger partial charge in [0.1, 0.15) is 5.76 Å². The third-order valence-corrected chi connectivity index (χ3v) is 3.26. The number of carboxylic acid groups (broad SMARTS) is 1. The van der Waals surface area contributed by atoms with Crippen LogP contribution in [0.4, 0.5) is 8.78 Å². The Balaban J connectivity index is 2.05. The van der Waals surface area contributed by atoms with Crippen molar-refractivity contribution >= 4 is 21.9 Å². The Hall–Kier alpha value is -0.950. The van der Waals surface area contributed by atoms with E-state index in [2.05, 4.69) is 15.9 Å². The minimum atomic E-state index is -2.97. The van der Waals surface area contributed by atoms with Crippen LogP contribution in [0.1, 0.15) is 12.2 Å². The van der Waals surface area contributed by atoms with Crippen LogP contribution in [0, 0.1) is 5.92 Å². The molecule has 0 spiro atoms. The summed E-state index contributed by atoms with van der Waals surface area (Å²) in [5.41, 5.74) is 0. The van der Waals surface area contributed by atoms with Gasteiger partial charge >= 0.3 is 5.97 Å². The zero-order valence-corrected chi connectivity index (χ0v) is 11.0. The molecule has 2 rings (SSSR count). The van der Waals surface area contributed by atoms with Gasteiger partial charge in [-0.25, -0.2) is 8.78 Å². The highest BCUT2D eigenvalue weighted by Crippen LogP contribution is 2.31. The van der Waals surface area contributed by atoms with Crippen molar-refractivity contribution in [1.82, 2.24) is 4.90 Å². The second-order valence-corrected chi connectivity index (χ2v) is 5.25. The molecule has 1 aromatic heterocycles. The quantitative estimate of drug-likeness (QED) is 0.929. The van der Waals surface area contributed by atoms with Crippen molar-refractivity contribution in [3.05, 3.63) is 22.6 Å². The van der Waals surface area contributed by atoms with Crippen LogP contribution in [0.2, 0.25) is 0 Å². The Morgan fingerprint density at radius 2 is 2.33 bits per heavy atom. The van der Waals surface area contributed by atoms with E-state index in [-0.39, 0.29) is 13.1 Å². The van der Waals surface area contributed by atoms with E-state index in [0.29, 0.717) is 10.4 Å². The lowest BCUT2D eigenvalue weighted by Gasteiger charge is -2.35. The van der Waals surface area contributed by atoms with E-state index in [1.54, 1.807) is 12.1 Å². The molecule has 2 heterocycles. The van der Waals surface area contributed by atoms with Crippen molar-refractivity contribution in [2.24, 2.45) is 5.92 Å². The molecule has 1 fully saturated rings. The Morgan fingerprint density at radius 1 is 1.61 bits per heavy atom. The van der Waals surface area contributed by atoms with Crippen molar-refractivity contribution in [3.63, 3.8) is 0 Å². The highest BCUT2D eigenvalue weighted by atomic mass is 79.9. The monoisotopic (exact) mass is 323 g/mol. The van der Waals surface area contributed by atoms with Crippen LogP contribution in [0.5, 0.6) is 0 Å². The number of carbonyl (C=O) groups is 1. The zero-order chi connectivity index (χ0) is 13.3. The van der Waals surface area contributed by atoms with Crippen molar-refractivity contribution in [1.29, 1.82) is 0 Å². The van der Waals surface area contributed by atoms with Gasteiger partial charge in [0.05, 0.1) is 19.0 Å². The van der Waals surface area contributed by atoms with Gasteiger partial charge < -0.3 is 9.52 Å². The molecule has 1 N–H and O–H groups in total. The van der Waals surface area contributed by atoms with Gasteiger partial charge in [0.2, 0.25) is 0 Å². The average Bonchev–Trinajstić information content (AvgIpc) is 2.61. The summed E-state index contributed by atoms with van der Waals surface area (Å²) in [5, 5.41) is 8.87. The molecule has 1 unspecified atom stereocenters. The fraction of sp³-hybridized carbons (Fsp3) is 0.545. The SMILES string of the molecule is O=C(O)C1CN(Cc2ccc(Br)o2)CC(F)(F)C1. The van der Waals surface area contributed by atoms with E-state index in [0.717, 1.165) is 0 Å². The van der Waals surface area contributed by atoms with Crippen LogP contribution in [0.15, 0.2) is 21.2 Å². The molecule has 1 atom stereocenters. The number of carboxylic acids is 1. The normalized spacial score (nSPS) is 24.1. The van der Waals surface area contributed by atoms with E-state index in [1.165, 1.54) is 4.90 Å². The molecule has 4 nitrogen and oxygen atoms in total. The summed E-state index contributed by atoms with van der Waals surface area (Å²) >= 11 is 3.13. The Kier molecular flexibility index (Phi) is 3.72. The number of piperidine rings is 1. The molecule has 0 amide bonds. The minimum absolute atomic E-state index is 0.114. The maximum absolute atomic E-state index is 13.4. The number of halogens is 3. The zero-order valence-electron chi connectivity index (χ0n) is 9.41. The molecule has 1 aliphatic rings. The lowest BCUT2D eigenvalue weighted by molar-refractivity contribution is -0.153. The molecule has 1 aliphatic heterocycles. The van der Waals surface area contributed by atoms with Crippen LogP contribution in [0.25, 0.3) is 0 Å². The summed E-state index contributed by atoms with van der Waals surface area (Å²) in [6, 6.07) is 3.35. The summed E-state index contributed by atoms with van der Waals surface area (Å²) in [7, 11) is 0. The molecule has 100 valence electrons. The first kappa shape index (κ1) is 13.5. The smallest absolute Gasteiger partial charge is 0.308 e. The van der Waals surface area contributed by atoms with E-state index in [9.17, 15) is 13.6 Å². The second kappa shape index (κ2) is 4.97. The van der Waals surface area contributed by atoms with Crippen molar-refractivity contribution in [2.75, 3.05) is 13.1 Å². The topological polar surface area (TPSA) is 53.7 Å². The molecule has 18 heavy (non-hydrogen) atoms. The number of furan rings is 1. The van der Waals surface area contributed by atoms with Gasteiger partial charge in [-0.2, -0.15) is 0 Å². The fourth-order valence-electron chi connectivity index (χ4n) is 2.14. The summed E-state index contributed by atoms with van der Waals surface area (Å²) in [5.74, 6) is -4.65.